The highest BCUT2D eigenvalue weighted by atomic mass is 19.1. The van der Waals surface area contributed by atoms with Crippen LogP contribution >= 0.6 is 0 Å². The summed E-state index contributed by atoms with van der Waals surface area (Å²) in [5.41, 5.74) is 2.79. The average molecular weight is 447 g/mol. The molecule has 0 N–H and O–H groups in total. The molecular formula is C25H23F2N5O. The molecule has 6 nitrogen and oxygen atoms in total. The fourth-order valence-electron chi connectivity index (χ4n) is 4.22. The van der Waals surface area contributed by atoms with Crippen LogP contribution in [-0.4, -0.2) is 31.4 Å². The summed E-state index contributed by atoms with van der Waals surface area (Å²) in [4.78, 5) is 8.89. The molecule has 1 unspecified atom stereocenters. The maximum Gasteiger partial charge on any atom is 0.174 e. The highest BCUT2D eigenvalue weighted by Gasteiger charge is 2.25. The second-order valence-corrected chi connectivity index (χ2v) is 8.10. The third kappa shape index (κ3) is 4.16. The molecule has 1 aliphatic rings. The normalized spacial score (nSPS) is 15.7. The quantitative estimate of drug-likeness (QED) is 0.424. The van der Waals surface area contributed by atoms with E-state index < -0.39 is 0 Å². The Morgan fingerprint density at radius 2 is 1.94 bits per heavy atom. The number of aryl methyl sites for hydroxylation is 2. The molecule has 2 aromatic carbocycles. The van der Waals surface area contributed by atoms with Gasteiger partial charge in [-0.05, 0) is 55.7 Å². The van der Waals surface area contributed by atoms with Crippen molar-refractivity contribution in [2.24, 2.45) is 0 Å². The molecule has 3 heterocycles. The standard InChI is InChI=1S/C25H23F2N5O/c1-16-14-31(15-28-16)22-13-21(27)18(12-23(22)33-2)7-10-24-29-25-20(4-3-11-32(25)30-24)17-5-8-19(26)9-6-17/h5-10,12-15,20H,3-4,11H2,1-2H3/b10-7+. The maximum atomic E-state index is 14.9. The lowest BCUT2D eigenvalue weighted by Crippen LogP contribution is -2.17. The Kier molecular flexibility index (Phi) is 5.50. The Balaban J connectivity index is 1.44. The Hall–Kier alpha value is -3.81. The molecule has 1 aliphatic heterocycles. The molecule has 0 aliphatic carbocycles. The first-order chi connectivity index (χ1) is 16.0. The Morgan fingerprint density at radius 1 is 1.12 bits per heavy atom. The predicted octanol–water partition coefficient (Wildman–Crippen LogP) is 5.16. The van der Waals surface area contributed by atoms with E-state index in [0.29, 0.717) is 22.8 Å². The van der Waals surface area contributed by atoms with Gasteiger partial charge in [0.25, 0.3) is 0 Å². The van der Waals surface area contributed by atoms with Gasteiger partial charge in [0.15, 0.2) is 5.82 Å². The van der Waals surface area contributed by atoms with Crippen LogP contribution in [0.1, 0.15) is 47.2 Å². The van der Waals surface area contributed by atoms with Crippen molar-refractivity contribution in [3.8, 4) is 11.4 Å². The van der Waals surface area contributed by atoms with E-state index >= 15 is 0 Å². The molecule has 0 fully saturated rings. The minimum atomic E-state index is -0.387. The molecule has 0 amide bonds. The van der Waals surface area contributed by atoms with Crippen molar-refractivity contribution < 1.29 is 13.5 Å². The van der Waals surface area contributed by atoms with Crippen LogP contribution in [0.2, 0.25) is 0 Å². The molecule has 0 radical (unpaired) electrons. The van der Waals surface area contributed by atoms with Gasteiger partial charge < -0.3 is 9.30 Å². The van der Waals surface area contributed by atoms with Crippen molar-refractivity contribution in [1.29, 1.82) is 0 Å². The van der Waals surface area contributed by atoms with Crippen molar-refractivity contribution in [3.05, 3.63) is 89.0 Å². The smallest absolute Gasteiger partial charge is 0.174 e. The molecule has 33 heavy (non-hydrogen) atoms. The summed E-state index contributed by atoms with van der Waals surface area (Å²) in [5.74, 6) is 1.29. The lowest BCUT2D eigenvalue weighted by molar-refractivity contribution is 0.411. The average Bonchev–Trinajstić information content (AvgIpc) is 3.44. The van der Waals surface area contributed by atoms with Crippen LogP contribution < -0.4 is 4.74 Å². The van der Waals surface area contributed by atoms with Gasteiger partial charge in [-0.15, -0.1) is 0 Å². The monoisotopic (exact) mass is 447 g/mol. The second-order valence-electron chi connectivity index (χ2n) is 8.10. The first-order valence-electron chi connectivity index (χ1n) is 10.8. The van der Waals surface area contributed by atoms with Gasteiger partial charge in [0, 0.05) is 30.3 Å². The summed E-state index contributed by atoms with van der Waals surface area (Å²) < 4.78 is 37.3. The van der Waals surface area contributed by atoms with Crippen LogP contribution in [0.3, 0.4) is 0 Å². The number of hydrogen-bond donors (Lipinski definition) is 0. The fraction of sp³-hybridized carbons (Fsp3) is 0.240. The largest absolute Gasteiger partial charge is 0.495 e. The zero-order valence-electron chi connectivity index (χ0n) is 18.4. The van der Waals surface area contributed by atoms with Crippen molar-refractivity contribution in [2.45, 2.75) is 32.2 Å². The number of benzene rings is 2. The van der Waals surface area contributed by atoms with Gasteiger partial charge in [-0.3, -0.25) is 0 Å². The van der Waals surface area contributed by atoms with E-state index in [4.69, 9.17) is 9.72 Å². The number of fused-ring (bicyclic) bond motifs is 1. The molecule has 0 spiro atoms. The van der Waals surface area contributed by atoms with E-state index in [1.807, 2.05) is 17.8 Å². The summed E-state index contributed by atoms with van der Waals surface area (Å²) in [6, 6.07) is 9.60. The van der Waals surface area contributed by atoms with Gasteiger partial charge >= 0.3 is 0 Å². The zero-order chi connectivity index (χ0) is 22.9. The number of aromatic nitrogens is 5. The summed E-state index contributed by atoms with van der Waals surface area (Å²) >= 11 is 0. The minimum Gasteiger partial charge on any atom is -0.495 e. The molecule has 0 bridgehead atoms. The van der Waals surface area contributed by atoms with E-state index in [1.165, 1.54) is 18.2 Å². The summed E-state index contributed by atoms with van der Waals surface area (Å²) in [6.07, 6.45) is 8.67. The van der Waals surface area contributed by atoms with E-state index in [9.17, 15) is 8.78 Å². The highest BCUT2D eigenvalue weighted by molar-refractivity contribution is 5.69. The van der Waals surface area contributed by atoms with Crippen molar-refractivity contribution in [1.82, 2.24) is 24.3 Å². The third-order valence-electron chi connectivity index (χ3n) is 5.86. The Morgan fingerprint density at radius 3 is 2.67 bits per heavy atom. The SMILES string of the molecule is COc1cc(/C=C/c2nc3n(n2)CCCC3c2ccc(F)cc2)c(F)cc1-n1cnc(C)c1. The minimum absolute atomic E-state index is 0.0590. The summed E-state index contributed by atoms with van der Waals surface area (Å²) in [5, 5.41) is 4.58. The van der Waals surface area contributed by atoms with E-state index in [-0.39, 0.29) is 17.6 Å². The van der Waals surface area contributed by atoms with Gasteiger partial charge in [-0.1, -0.05) is 12.1 Å². The molecule has 4 aromatic rings. The van der Waals surface area contributed by atoms with Crippen LogP contribution in [0.15, 0.2) is 48.9 Å². The number of ether oxygens (including phenoxy) is 1. The van der Waals surface area contributed by atoms with Gasteiger partial charge in [-0.2, -0.15) is 5.10 Å². The van der Waals surface area contributed by atoms with Crippen molar-refractivity contribution >= 4 is 12.2 Å². The van der Waals surface area contributed by atoms with Crippen LogP contribution in [-0.2, 0) is 6.54 Å². The first kappa shape index (κ1) is 21.1. The van der Waals surface area contributed by atoms with Crippen LogP contribution in [0.25, 0.3) is 17.8 Å². The fourth-order valence-corrected chi connectivity index (χ4v) is 4.22. The number of imidazole rings is 1. The number of halogens is 2. The van der Waals surface area contributed by atoms with Gasteiger partial charge in [-0.25, -0.2) is 23.4 Å². The van der Waals surface area contributed by atoms with Crippen LogP contribution in [0, 0.1) is 18.6 Å². The summed E-state index contributed by atoms with van der Waals surface area (Å²) in [6.45, 7) is 2.64. The molecule has 0 saturated carbocycles. The summed E-state index contributed by atoms with van der Waals surface area (Å²) in [7, 11) is 1.55. The van der Waals surface area contributed by atoms with Gasteiger partial charge in [0.2, 0.25) is 0 Å². The van der Waals surface area contributed by atoms with Gasteiger partial charge in [0.05, 0.1) is 24.8 Å². The zero-order valence-corrected chi connectivity index (χ0v) is 18.4. The Labute approximate surface area is 190 Å². The molecule has 168 valence electrons. The molecule has 5 rings (SSSR count). The predicted molar refractivity (Wildman–Crippen MR) is 121 cm³/mol. The topological polar surface area (TPSA) is 57.8 Å². The third-order valence-corrected chi connectivity index (χ3v) is 5.86. The number of methoxy groups -OCH3 is 1. The lowest BCUT2D eigenvalue weighted by atomic mass is 9.91. The molecular weight excluding hydrogens is 424 g/mol. The van der Waals surface area contributed by atoms with Gasteiger partial charge in [0.1, 0.15) is 23.2 Å². The maximum absolute atomic E-state index is 14.9. The van der Waals surface area contributed by atoms with E-state index in [0.717, 1.165) is 36.5 Å². The molecule has 2 aromatic heterocycles. The number of hydrogen-bond acceptors (Lipinski definition) is 4. The molecule has 0 saturated heterocycles. The lowest BCUT2D eigenvalue weighted by Gasteiger charge is -2.22. The van der Waals surface area contributed by atoms with Crippen molar-refractivity contribution in [3.63, 3.8) is 0 Å². The number of nitrogens with zero attached hydrogens (tertiary/aromatic N) is 5. The highest BCUT2D eigenvalue weighted by Crippen LogP contribution is 2.32. The van der Waals surface area contributed by atoms with Crippen LogP contribution in [0.5, 0.6) is 5.75 Å². The van der Waals surface area contributed by atoms with E-state index in [1.54, 1.807) is 48.4 Å². The number of rotatable bonds is 5. The molecule has 1 atom stereocenters. The second kappa shape index (κ2) is 8.61. The van der Waals surface area contributed by atoms with Crippen molar-refractivity contribution in [2.75, 3.05) is 7.11 Å². The molecule has 8 heteroatoms. The first-order valence-corrected chi connectivity index (χ1v) is 10.8. The van der Waals surface area contributed by atoms with Crippen LogP contribution in [0.4, 0.5) is 8.78 Å². The Bertz CT molecular complexity index is 1320. The van der Waals surface area contributed by atoms with E-state index in [2.05, 4.69) is 10.1 Å².